The van der Waals surface area contributed by atoms with Crippen molar-refractivity contribution in [3.63, 3.8) is 0 Å². The molecule has 2 rings (SSSR count). The van der Waals surface area contributed by atoms with E-state index in [1.807, 2.05) is 44.6 Å². The van der Waals surface area contributed by atoms with Crippen LogP contribution in [0.2, 0.25) is 0 Å². The highest BCUT2D eigenvalue weighted by molar-refractivity contribution is 5.86. The molecule has 1 aromatic carbocycles. The van der Waals surface area contributed by atoms with Crippen molar-refractivity contribution >= 4 is 41.6 Å². The van der Waals surface area contributed by atoms with Gasteiger partial charge in [-0.1, -0.05) is 18.2 Å². The van der Waals surface area contributed by atoms with Gasteiger partial charge < -0.3 is 20.9 Å². The minimum atomic E-state index is -0.529. The molecule has 2 atom stereocenters. The summed E-state index contributed by atoms with van der Waals surface area (Å²) < 4.78 is 0. The Labute approximate surface area is 149 Å². The van der Waals surface area contributed by atoms with E-state index < -0.39 is 6.04 Å². The largest absolute Gasteiger partial charge is 0.361 e. The molecule has 0 radical (unpaired) electrons. The number of nitrogens with one attached hydrogen (secondary N) is 2. The third-order valence-corrected chi connectivity index (χ3v) is 3.90. The number of likely N-dealkylation sites (N-methyl/N-ethyl adjacent to an activating group) is 1. The maximum absolute atomic E-state index is 12.1. The number of aromatic nitrogens is 1. The van der Waals surface area contributed by atoms with Crippen LogP contribution in [0.15, 0.2) is 30.5 Å². The summed E-state index contributed by atoms with van der Waals surface area (Å²) in [5.41, 5.74) is 8.17. The number of nitrogens with zero attached hydrogens (tertiary/aromatic N) is 1. The predicted octanol–water partition coefficient (Wildman–Crippen LogP) is 1.95. The number of carbonyl (C=O) groups is 1. The van der Waals surface area contributed by atoms with Crippen LogP contribution >= 0.6 is 24.8 Å². The zero-order valence-electron chi connectivity index (χ0n) is 13.7. The van der Waals surface area contributed by atoms with Crippen LogP contribution in [0.25, 0.3) is 10.9 Å². The first-order valence-electron chi connectivity index (χ1n) is 7.23. The van der Waals surface area contributed by atoms with Crippen molar-refractivity contribution in [2.24, 2.45) is 5.73 Å². The van der Waals surface area contributed by atoms with Crippen molar-refractivity contribution in [1.29, 1.82) is 0 Å². The van der Waals surface area contributed by atoms with Gasteiger partial charge >= 0.3 is 0 Å². The second kappa shape index (κ2) is 9.78. The third-order valence-electron chi connectivity index (χ3n) is 3.90. The number of para-hydroxylation sites is 1. The summed E-state index contributed by atoms with van der Waals surface area (Å²) in [7, 11) is 3.98. The fourth-order valence-corrected chi connectivity index (χ4v) is 2.19. The molecule has 0 bridgehead atoms. The van der Waals surface area contributed by atoms with Gasteiger partial charge in [0.25, 0.3) is 0 Å². The van der Waals surface area contributed by atoms with Crippen LogP contribution < -0.4 is 11.1 Å². The van der Waals surface area contributed by atoms with Crippen LogP contribution in [-0.4, -0.2) is 48.5 Å². The maximum Gasteiger partial charge on any atom is 0.237 e. The second-order valence-electron chi connectivity index (χ2n) is 5.73. The monoisotopic (exact) mass is 360 g/mol. The van der Waals surface area contributed by atoms with E-state index in [1.165, 1.54) is 0 Å². The average molecular weight is 361 g/mol. The molecule has 1 unspecified atom stereocenters. The molecule has 0 saturated carbocycles. The normalized spacial score (nSPS) is 13.1. The van der Waals surface area contributed by atoms with E-state index in [0.717, 1.165) is 16.5 Å². The second-order valence-corrected chi connectivity index (χ2v) is 5.73. The van der Waals surface area contributed by atoms with Crippen LogP contribution in [0.3, 0.4) is 0 Å². The van der Waals surface area contributed by atoms with E-state index in [-0.39, 0.29) is 36.8 Å². The number of carbonyl (C=O) groups excluding carboxylic acids is 1. The van der Waals surface area contributed by atoms with Gasteiger partial charge in [0.2, 0.25) is 5.91 Å². The van der Waals surface area contributed by atoms with Crippen LogP contribution in [0.1, 0.15) is 12.5 Å². The van der Waals surface area contributed by atoms with Gasteiger partial charge in [0.05, 0.1) is 6.04 Å². The van der Waals surface area contributed by atoms with Gasteiger partial charge in [0.15, 0.2) is 0 Å². The van der Waals surface area contributed by atoms with Gasteiger partial charge in [-0.15, -0.1) is 24.8 Å². The molecule has 130 valence electrons. The van der Waals surface area contributed by atoms with E-state index >= 15 is 0 Å². The first kappa shape index (κ1) is 21.7. The Morgan fingerprint density at radius 2 is 1.96 bits per heavy atom. The van der Waals surface area contributed by atoms with Crippen molar-refractivity contribution in [2.75, 3.05) is 20.6 Å². The summed E-state index contributed by atoms with van der Waals surface area (Å²) in [6.07, 6.45) is 2.46. The number of amides is 1. The van der Waals surface area contributed by atoms with Gasteiger partial charge in [0, 0.05) is 29.7 Å². The Balaban J connectivity index is 0.00000242. The highest BCUT2D eigenvalue weighted by Gasteiger charge is 2.17. The molecule has 0 saturated heterocycles. The smallest absolute Gasteiger partial charge is 0.237 e. The summed E-state index contributed by atoms with van der Waals surface area (Å²) >= 11 is 0. The van der Waals surface area contributed by atoms with Crippen molar-refractivity contribution in [3.8, 4) is 0 Å². The summed E-state index contributed by atoms with van der Waals surface area (Å²) in [5.74, 6) is -0.103. The Hall–Kier alpha value is -1.27. The number of fused-ring (bicyclic) bond motifs is 1. The molecule has 0 aliphatic carbocycles. The van der Waals surface area contributed by atoms with E-state index in [9.17, 15) is 4.79 Å². The molecular weight excluding hydrogens is 335 g/mol. The highest BCUT2D eigenvalue weighted by atomic mass is 35.5. The summed E-state index contributed by atoms with van der Waals surface area (Å²) in [6.45, 7) is 2.67. The van der Waals surface area contributed by atoms with Crippen LogP contribution in [0.4, 0.5) is 0 Å². The standard InChI is InChI=1S/C16H24N4O.2ClH/c1-11(20(2)3)9-19-16(21)14(17)8-12-10-18-15-7-5-4-6-13(12)15;;/h4-7,10-11,14,18H,8-9,17H2,1-3H3,(H,19,21);2*1H/t11?,14-;;/m0../s1. The molecule has 23 heavy (non-hydrogen) atoms. The fraction of sp³-hybridized carbons (Fsp3) is 0.438. The Morgan fingerprint density at radius 3 is 2.61 bits per heavy atom. The van der Waals surface area contributed by atoms with Crippen LogP contribution in [0, 0.1) is 0 Å². The molecule has 5 nitrogen and oxygen atoms in total. The highest BCUT2D eigenvalue weighted by Crippen LogP contribution is 2.18. The van der Waals surface area contributed by atoms with E-state index in [0.29, 0.717) is 13.0 Å². The first-order chi connectivity index (χ1) is 9.99. The molecule has 4 N–H and O–H groups in total. The summed E-state index contributed by atoms with van der Waals surface area (Å²) in [5, 5.41) is 4.04. The summed E-state index contributed by atoms with van der Waals surface area (Å²) in [4.78, 5) is 17.3. The zero-order valence-corrected chi connectivity index (χ0v) is 15.3. The van der Waals surface area contributed by atoms with Gasteiger partial charge in [-0.2, -0.15) is 0 Å². The van der Waals surface area contributed by atoms with Crippen molar-refractivity contribution in [3.05, 3.63) is 36.0 Å². The number of aromatic amines is 1. The molecule has 1 aromatic heterocycles. The number of nitrogens with two attached hydrogens (primary N) is 1. The zero-order chi connectivity index (χ0) is 15.4. The Morgan fingerprint density at radius 1 is 1.30 bits per heavy atom. The number of benzene rings is 1. The van der Waals surface area contributed by atoms with Crippen LogP contribution in [0.5, 0.6) is 0 Å². The lowest BCUT2D eigenvalue weighted by molar-refractivity contribution is -0.122. The lowest BCUT2D eigenvalue weighted by atomic mass is 10.1. The first-order valence-corrected chi connectivity index (χ1v) is 7.23. The molecule has 1 heterocycles. The number of rotatable bonds is 6. The molecule has 0 fully saturated rings. The predicted molar refractivity (Wildman–Crippen MR) is 101 cm³/mol. The topological polar surface area (TPSA) is 74.1 Å². The molecule has 0 aliphatic heterocycles. The average Bonchev–Trinajstić information content (AvgIpc) is 2.87. The number of H-pyrrole nitrogens is 1. The number of hydrogen-bond donors (Lipinski definition) is 3. The number of hydrogen-bond acceptors (Lipinski definition) is 3. The van der Waals surface area contributed by atoms with Gasteiger partial charge in [0.1, 0.15) is 0 Å². The lowest BCUT2D eigenvalue weighted by Crippen LogP contribution is -2.46. The molecule has 0 spiro atoms. The van der Waals surface area contributed by atoms with Crippen LogP contribution in [-0.2, 0) is 11.2 Å². The minimum Gasteiger partial charge on any atom is -0.361 e. The van der Waals surface area contributed by atoms with Gasteiger partial charge in [-0.25, -0.2) is 0 Å². The van der Waals surface area contributed by atoms with Gasteiger partial charge in [-0.05, 0) is 39.1 Å². The Kier molecular flexibility index (Phi) is 9.24. The Bertz CT molecular complexity index is 615. The lowest BCUT2D eigenvalue weighted by Gasteiger charge is -2.21. The molecule has 7 heteroatoms. The minimum absolute atomic E-state index is 0. The molecule has 2 aromatic rings. The van der Waals surface area contributed by atoms with Crippen molar-refractivity contribution in [1.82, 2.24) is 15.2 Å². The van der Waals surface area contributed by atoms with E-state index in [2.05, 4.69) is 22.1 Å². The van der Waals surface area contributed by atoms with Crippen molar-refractivity contribution < 1.29 is 4.79 Å². The maximum atomic E-state index is 12.1. The molecule has 1 amide bonds. The van der Waals surface area contributed by atoms with Gasteiger partial charge in [-0.3, -0.25) is 4.79 Å². The SMILES string of the molecule is CC(CNC(=O)[C@@H](N)Cc1c[nH]c2ccccc12)N(C)C.Cl.Cl. The van der Waals surface area contributed by atoms with Crippen molar-refractivity contribution in [2.45, 2.75) is 25.4 Å². The van der Waals surface area contributed by atoms with E-state index in [1.54, 1.807) is 0 Å². The third kappa shape index (κ3) is 5.70. The van der Waals surface area contributed by atoms with E-state index in [4.69, 9.17) is 5.73 Å². The molecule has 0 aliphatic rings. The number of halogens is 2. The fourth-order valence-electron chi connectivity index (χ4n) is 2.19. The quantitative estimate of drug-likeness (QED) is 0.736. The summed E-state index contributed by atoms with van der Waals surface area (Å²) in [6, 6.07) is 7.79. The molecular formula is C16H26Cl2N4O.